The molecule has 0 saturated heterocycles. The van der Waals surface area contributed by atoms with Gasteiger partial charge >= 0.3 is 6.09 Å². The van der Waals surface area contributed by atoms with Crippen molar-refractivity contribution in [1.82, 2.24) is 44.4 Å². The van der Waals surface area contributed by atoms with Crippen molar-refractivity contribution in [3.63, 3.8) is 0 Å². The van der Waals surface area contributed by atoms with Crippen molar-refractivity contribution in [2.45, 2.75) is 31.9 Å². The molecule has 0 radical (unpaired) electrons. The molecule has 1 fully saturated rings. The average Bonchev–Trinajstić information content (AvgIpc) is 3.30. The van der Waals surface area contributed by atoms with Gasteiger partial charge in [-0.3, -0.25) is 10.00 Å². The minimum Gasteiger partial charge on any atom is -0.444 e. The smallest absolute Gasteiger partial charge is 0.413 e. The highest BCUT2D eigenvalue weighted by atomic mass is 35.5. The van der Waals surface area contributed by atoms with Crippen LogP contribution in [-0.4, -0.2) is 50.4 Å². The predicted molar refractivity (Wildman–Crippen MR) is 142 cm³/mol. The number of halogens is 1. The average molecular weight is 541 g/mol. The van der Waals surface area contributed by atoms with Gasteiger partial charge in [-0.05, 0) is 65.1 Å². The van der Waals surface area contributed by atoms with Crippen molar-refractivity contribution in [2.24, 2.45) is 0 Å². The van der Waals surface area contributed by atoms with Crippen LogP contribution in [0.15, 0.2) is 67.5 Å². The Balaban J connectivity index is 1.06. The van der Waals surface area contributed by atoms with Crippen LogP contribution in [0.3, 0.4) is 0 Å². The number of anilines is 1. The number of amides is 1. The Morgan fingerprint density at radius 3 is 2.90 bits per heavy atom. The van der Waals surface area contributed by atoms with Crippen molar-refractivity contribution in [3.8, 4) is 5.69 Å². The number of hydrogen-bond donors (Lipinski definition) is 1. The van der Waals surface area contributed by atoms with Gasteiger partial charge < -0.3 is 9.14 Å². The quantitative estimate of drug-likeness (QED) is 0.316. The number of pyridine rings is 2. The lowest BCUT2D eigenvalue weighted by molar-refractivity contribution is 0.155. The van der Waals surface area contributed by atoms with Crippen LogP contribution in [0.4, 0.5) is 10.6 Å². The van der Waals surface area contributed by atoms with E-state index in [0.717, 1.165) is 11.3 Å². The summed E-state index contributed by atoms with van der Waals surface area (Å²) in [6.45, 7) is 0.431. The lowest BCUT2D eigenvalue weighted by Crippen LogP contribution is -2.15. The monoisotopic (exact) mass is 540 g/mol. The van der Waals surface area contributed by atoms with E-state index in [1.807, 2.05) is 12.4 Å². The summed E-state index contributed by atoms with van der Waals surface area (Å²) in [7, 11) is 0. The molecule has 1 saturated carbocycles. The number of carbonyl (C=O) groups is 1. The zero-order valence-electron chi connectivity index (χ0n) is 20.5. The third kappa shape index (κ3) is 4.77. The fourth-order valence-corrected chi connectivity index (χ4v) is 4.77. The molecule has 1 N–H and O–H groups in total. The lowest BCUT2D eigenvalue weighted by Gasteiger charge is -2.11. The Morgan fingerprint density at radius 1 is 1.13 bits per heavy atom. The number of rotatable bonds is 7. The van der Waals surface area contributed by atoms with Gasteiger partial charge in [-0.25, -0.2) is 19.4 Å². The summed E-state index contributed by atoms with van der Waals surface area (Å²) in [5.74, 6) is 1.03. The molecule has 5 heterocycles. The van der Waals surface area contributed by atoms with Gasteiger partial charge in [0.2, 0.25) is 0 Å². The molecule has 6 aromatic rings. The van der Waals surface area contributed by atoms with E-state index in [4.69, 9.17) is 21.3 Å². The highest BCUT2D eigenvalue weighted by Gasteiger charge is 2.23. The third-order valence-corrected chi connectivity index (χ3v) is 6.83. The molecule has 1 aliphatic carbocycles. The van der Waals surface area contributed by atoms with E-state index in [1.54, 1.807) is 35.1 Å². The van der Waals surface area contributed by atoms with Gasteiger partial charge in [-0.15, -0.1) is 5.10 Å². The van der Waals surface area contributed by atoms with Gasteiger partial charge in [0, 0.05) is 35.4 Å². The lowest BCUT2D eigenvalue weighted by atomic mass is 10.2. The van der Waals surface area contributed by atoms with Gasteiger partial charge in [-0.2, -0.15) is 5.10 Å². The molecular weight excluding hydrogens is 520 g/mol. The summed E-state index contributed by atoms with van der Waals surface area (Å²) in [6.07, 6.45) is 10.9. The molecule has 13 heteroatoms. The second-order valence-electron chi connectivity index (χ2n) is 9.38. The standard InChI is InChI=1S/C26H21ClN10O2/c27-19-4-5-23(37-15-29-33-34-37)18(9-19)14-39-26(38)31-25-21-13-36(32-22(21)7-8-28-25)12-20-11-35-10-17(16-1-2-16)3-6-24(35)30-20/h3-11,13,15-16H,1-2,12,14H2,(H,28,31,38). The maximum Gasteiger partial charge on any atom is 0.413 e. The number of tetrazole rings is 1. The summed E-state index contributed by atoms with van der Waals surface area (Å²) in [5, 5.41) is 19.7. The van der Waals surface area contributed by atoms with Gasteiger partial charge in [0.15, 0.2) is 0 Å². The fraction of sp³-hybridized carbons (Fsp3) is 0.192. The molecule has 1 amide bonds. The summed E-state index contributed by atoms with van der Waals surface area (Å²) in [6, 6.07) is 11.2. The van der Waals surface area contributed by atoms with Gasteiger partial charge in [0.1, 0.15) is 24.4 Å². The fourth-order valence-electron chi connectivity index (χ4n) is 4.58. The number of imidazole rings is 1. The molecule has 7 rings (SSSR count). The van der Waals surface area contributed by atoms with E-state index in [-0.39, 0.29) is 6.61 Å². The van der Waals surface area contributed by atoms with Crippen LogP contribution < -0.4 is 5.32 Å². The number of nitrogens with zero attached hydrogens (tertiary/aromatic N) is 9. The number of ether oxygens (including phenoxy) is 1. The van der Waals surface area contributed by atoms with Crippen molar-refractivity contribution in [3.05, 3.63) is 89.4 Å². The van der Waals surface area contributed by atoms with E-state index >= 15 is 0 Å². The largest absolute Gasteiger partial charge is 0.444 e. The minimum atomic E-state index is -0.669. The molecule has 1 aromatic carbocycles. The van der Waals surface area contributed by atoms with Crippen LogP contribution in [0.25, 0.3) is 22.2 Å². The second kappa shape index (κ2) is 9.48. The van der Waals surface area contributed by atoms with Gasteiger partial charge in [0.05, 0.1) is 28.8 Å². The summed E-state index contributed by atoms with van der Waals surface area (Å²) in [4.78, 5) is 21.7. The Hall–Kier alpha value is -4.84. The first kappa shape index (κ1) is 23.3. The number of hydrogen-bond acceptors (Lipinski definition) is 8. The van der Waals surface area contributed by atoms with E-state index in [0.29, 0.717) is 45.5 Å². The molecule has 0 bridgehead atoms. The molecule has 1 aliphatic rings. The molecule has 12 nitrogen and oxygen atoms in total. The van der Waals surface area contributed by atoms with Crippen LogP contribution in [0.1, 0.15) is 35.6 Å². The SMILES string of the molecule is O=C(Nc1nccc2nn(Cc3cn4cc(C5CC5)ccc4n3)cc12)OCc1cc(Cl)ccc1-n1cnnn1. The minimum absolute atomic E-state index is 0.0484. The summed E-state index contributed by atoms with van der Waals surface area (Å²) in [5.41, 5.74) is 5.12. The Labute approximate surface area is 226 Å². The number of fused-ring (bicyclic) bond motifs is 2. The highest BCUT2D eigenvalue weighted by molar-refractivity contribution is 6.30. The zero-order chi connectivity index (χ0) is 26.3. The van der Waals surface area contributed by atoms with E-state index in [1.165, 1.54) is 29.4 Å². The Morgan fingerprint density at radius 2 is 2.05 bits per heavy atom. The van der Waals surface area contributed by atoms with E-state index in [2.05, 4.69) is 53.7 Å². The Bertz CT molecular complexity index is 1820. The number of benzene rings is 1. The molecular formula is C26H21ClN10O2. The molecule has 194 valence electrons. The molecule has 0 atom stereocenters. The second-order valence-corrected chi connectivity index (χ2v) is 9.82. The van der Waals surface area contributed by atoms with Crippen molar-refractivity contribution >= 4 is 40.1 Å². The van der Waals surface area contributed by atoms with Crippen molar-refractivity contribution in [1.29, 1.82) is 0 Å². The predicted octanol–water partition coefficient (Wildman–Crippen LogP) is 4.38. The first-order chi connectivity index (χ1) is 19.1. The van der Waals surface area contributed by atoms with Crippen LogP contribution in [0.5, 0.6) is 0 Å². The summed E-state index contributed by atoms with van der Waals surface area (Å²) < 4.78 is 10.8. The van der Waals surface area contributed by atoms with E-state index in [9.17, 15) is 4.79 Å². The first-order valence-electron chi connectivity index (χ1n) is 12.3. The maximum absolute atomic E-state index is 12.7. The van der Waals surface area contributed by atoms with Crippen molar-refractivity contribution < 1.29 is 9.53 Å². The number of carbonyl (C=O) groups excluding carboxylic acids is 1. The molecule has 5 aromatic heterocycles. The van der Waals surface area contributed by atoms with Crippen LogP contribution in [0, 0.1) is 0 Å². The Kier molecular flexibility index (Phi) is 5.66. The first-order valence-corrected chi connectivity index (χ1v) is 12.7. The molecule has 0 unspecified atom stereocenters. The van der Waals surface area contributed by atoms with Crippen LogP contribution in [-0.2, 0) is 17.9 Å². The van der Waals surface area contributed by atoms with Gasteiger partial charge in [0.25, 0.3) is 0 Å². The normalized spacial score (nSPS) is 13.3. The van der Waals surface area contributed by atoms with Crippen LogP contribution in [0.2, 0.25) is 5.02 Å². The number of aromatic nitrogens is 9. The third-order valence-electron chi connectivity index (χ3n) is 6.59. The highest BCUT2D eigenvalue weighted by Crippen LogP contribution is 2.39. The molecule has 39 heavy (non-hydrogen) atoms. The summed E-state index contributed by atoms with van der Waals surface area (Å²) >= 11 is 6.15. The van der Waals surface area contributed by atoms with Crippen molar-refractivity contribution in [2.75, 3.05) is 5.32 Å². The number of nitrogens with one attached hydrogen (secondary N) is 1. The van der Waals surface area contributed by atoms with Gasteiger partial charge in [-0.1, -0.05) is 17.7 Å². The zero-order valence-corrected chi connectivity index (χ0v) is 21.2. The maximum atomic E-state index is 12.7. The molecule has 0 aliphatic heterocycles. The molecule has 0 spiro atoms. The van der Waals surface area contributed by atoms with Crippen LogP contribution >= 0.6 is 11.6 Å². The topological polar surface area (TPSA) is 130 Å². The van der Waals surface area contributed by atoms with E-state index < -0.39 is 6.09 Å².